The Balaban J connectivity index is 2.37. The molecule has 0 amide bonds. The lowest BCUT2D eigenvalue weighted by molar-refractivity contribution is -0.109. The molecule has 1 aliphatic rings. The van der Waals surface area contributed by atoms with Crippen molar-refractivity contribution in [2.24, 2.45) is 0 Å². The van der Waals surface area contributed by atoms with Crippen LogP contribution < -0.4 is 0 Å². The first-order valence-electron chi connectivity index (χ1n) is 5.61. The summed E-state index contributed by atoms with van der Waals surface area (Å²) in [6.07, 6.45) is 1.38. The van der Waals surface area contributed by atoms with Gasteiger partial charge in [-0.05, 0) is 31.0 Å². The van der Waals surface area contributed by atoms with Gasteiger partial charge in [-0.25, -0.2) is 17.6 Å². The third kappa shape index (κ3) is 2.75. The smallest absolute Gasteiger partial charge is 0.335 e. The van der Waals surface area contributed by atoms with Gasteiger partial charge in [0.1, 0.15) is 10.7 Å². The van der Waals surface area contributed by atoms with Gasteiger partial charge in [0.05, 0.1) is 12.2 Å². The highest BCUT2D eigenvalue weighted by molar-refractivity contribution is 7.89. The van der Waals surface area contributed by atoms with Crippen molar-refractivity contribution >= 4 is 16.0 Å². The Morgan fingerprint density at radius 2 is 2.11 bits per heavy atom. The van der Waals surface area contributed by atoms with Crippen LogP contribution in [0.4, 0.5) is 4.39 Å². The van der Waals surface area contributed by atoms with E-state index in [1.165, 1.54) is 0 Å². The number of sulfonamides is 1. The third-order valence-electron chi connectivity index (χ3n) is 2.70. The van der Waals surface area contributed by atoms with Gasteiger partial charge in [-0.1, -0.05) is 4.47 Å². The van der Waals surface area contributed by atoms with Crippen LogP contribution in [0.5, 0.6) is 0 Å². The second-order valence-electron chi connectivity index (χ2n) is 4.02. The fourth-order valence-electron chi connectivity index (χ4n) is 1.72. The van der Waals surface area contributed by atoms with E-state index in [1.54, 1.807) is 0 Å². The Morgan fingerprint density at radius 3 is 2.63 bits per heavy atom. The summed E-state index contributed by atoms with van der Waals surface area (Å²) < 4.78 is 38.7. The minimum Gasteiger partial charge on any atom is -0.478 e. The van der Waals surface area contributed by atoms with Crippen molar-refractivity contribution in [3.63, 3.8) is 0 Å². The maximum atomic E-state index is 13.7. The quantitative estimate of drug-likeness (QED) is 0.905. The van der Waals surface area contributed by atoms with Crippen molar-refractivity contribution in [1.82, 2.24) is 4.47 Å². The number of hydroxylamine groups is 1. The molecule has 0 unspecified atom stereocenters. The molecule has 0 atom stereocenters. The molecule has 0 spiro atoms. The fourth-order valence-corrected chi connectivity index (χ4v) is 3.06. The molecular weight excluding hydrogens is 277 g/mol. The number of rotatable bonds is 3. The number of benzene rings is 1. The number of hydrogen-bond acceptors (Lipinski definition) is 4. The number of carbonyl (C=O) groups is 1. The van der Waals surface area contributed by atoms with Crippen molar-refractivity contribution in [1.29, 1.82) is 0 Å². The zero-order valence-electron chi connectivity index (χ0n) is 9.87. The highest BCUT2D eigenvalue weighted by atomic mass is 32.2. The number of hydrogen-bond donors (Lipinski definition) is 1. The number of aromatic carboxylic acids is 1. The maximum absolute atomic E-state index is 13.7. The first-order chi connectivity index (χ1) is 8.93. The summed E-state index contributed by atoms with van der Waals surface area (Å²) in [6.45, 7) is 0.413. The average molecular weight is 289 g/mol. The van der Waals surface area contributed by atoms with Crippen molar-refractivity contribution in [3.8, 4) is 0 Å². The van der Waals surface area contributed by atoms with Crippen LogP contribution in [-0.2, 0) is 14.9 Å². The van der Waals surface area contributed by atoms with E-state index >= 15 is 0 Å². The van der Waals surface area contributed by atoms with Crippen LogP contribution in [0.15, 0.2) is 23.1 Å². The molecule has 1 N–H and O–H groups in total. The van der Waals surface area contributed by atoms with Crippen LogP contribution in [0, 0.1) is 5.82 Å². The van der Waals surface area contributed by atoms with E-state index in [0.29, 0.717) is 12.5 Å². The molecule has 1 aromatic carbocycles. The molecule has 0 aromatic heterocycles. The molecule has 1 aromatic rings. The van der Waals surface area contributed by atoms with Crippen LogP contribution in [0.2, 0.25) is 0 Å². The van der Waals surface area contributed by atoms with Crippen molar-refractivity contribution in [2.75, 3.05) is 13.2 Å². The van der Waals surface area contributed by atoms with Gasteiger partial charge in [0.25, 0.3) is 10.0 Å². The van der Waals surface area contributed by atoms with E-state index in [2.05, 4.69) is 0 Å². The summed E-state index contributed by atoms with van der Waals surface area (Å²) in [5, 5.41) is 8.70. The molecule has 6 nitrogen and oxygen atoms in total. The zero-order chi connectivity index (χ0) is 14.0. The summed E-state index contributed by atoms with van der Waals surface area (Å²) in [5.74, 6) is -2.42. The summed E-state index contributed by atoms with van der Waals surface area (Å²) in [4.78, 5) is 15.1. The molecule has 104 valence electrons. The van der Waals surface area contributed by atoms with E-state index in [-0.39, 0.29) is 18.7 Å². The summed E-state index contributed by atoms with van der Waals surface area (Å²) in [7, 11) is -4.09. The molecule has 1 aliphatic heterocycles. The minimum atomic E-state index is -4.09. The number of halogens is 1. The average Bonchev–Trinajstić information content (AvgIpc) is 2.39. The number of carboxylic acid groups (broad SMARTS) is 1. The highest BCUT2D eigenvalue weighted by Gasteiger charge is 2.30. The van der Waals surface area contributed by atoms with Crippen LogP contribution in [0.3, 0.4) is 0 Å². The Labute approximate surface area is 109 Å². The lowest BCUT2D eigenvalue weighted by Gasteiger charge is -2.25. The van der Waals surface area contributed by atoms with E-state index < -0.39 is 26.7 Å². The van der Waals surface area contributed by atoms with Gasteiger partial charge in [0.15, 0.2) is 0 Å². The molecule has 1 saturated heterocycles. The lowest BCUT2D eigenvalue weighted by atomic mass is 10.2. The molecular formula is C11H12FNO5S. The third-order valence-corrected chi connectivity index (χ3v) is 4.41. The van der Waals surface area contributed by atoms with E-state index in [1.807, 2.05) is 0 Å². The molecule has 19 heavy (non-hydrogen) atoms. The topological polar surface area (TPSA) is 83.9 Å². The standard InChI is InChI=1S/C11H12FNO5S/c12-9-7-8(11(14)15)3-4-10(9)19(16,17)13-5-1-2-6-18-13/h3-4,7H,1-2,5-6H2,(H,14,15). The molecule has 8 heteroatoms. The van der Waals surface area contributed by atoms with Crippen molar-refractivity contribution < 1.29 is 27.5 Å². The Morgan fingerprint density at radius 1 is 1.37 bits per heavy atom. The Bertz CT molecular complexity index is 595. The molecule has 2 rings (SSSR count). The second-order valence-corrected chi connectivity index (χ2v) is 5.82. The summed E-state index contributed by atoms with van der Waals surface area (Å²) in [5.41, 5.74) is -0.309. The molecule has 0 bridgehead atoms. The first kappa shape index (κ1) is 13.9. The largest absolute Gasteiger partial charge is 0.478 e. The van der Waals surface area contributed by atoms with Crippen molar-refractivity contribution in [3.05, 3.63) is 29.6 Å². The highest BCUT2D eigenvalue weighted by Crippen LogP contribution is 2.23. The van der Waals surface area contributed by atoms with Gasteiger partial charge < -0.3 is 5.11 Å². The summed E-state index contributed by atoms with van der Waals surface area (Å²) >= 11 is 0. The van der Waals surface area contributed by atoms with Crippen LogP contribution in [0.25, 0.3) is 0 Å². The molecule has 1 heterocycles. The van der Waals surface area contributed by atoms with Crippen molar-refractivity contribution in [2.45, 2.75) is 17.7 Å². The zero-order valence-corrected chi connectivity index (χ0v) is 10.7. The van der Waals surface area contributed by atoms with Crippen LogP contribution >= 0.6 is 0 Å². The molecule has 0 aliphatic carbocycles. The predicted octanol–water partition coefficient (Wildman–Crippen LogP) is 1.24. The van der Waals surface area contributed by atoms with Gasteiger partial charge in [-0.2, -0.15) is 0 Å². The maximum Gasteiger partial charge on any atom is 0.335 e. The fraction of sp³-hybridized carbons (Fsp3) is 0.364. The van der Waals surface area contributed by atoms with Gasteiger partial charge in [0.2, 0.25) is 0 Å². The van der Waals surface area contributed by atoms with E-state index in [4.69, 9.17) is 9.94 Å². The monoisotopic (exact) mass is 289 g/mol. The lowest BCUT2D eigenvalue weighted by Crippen LogP contribution is -2.36. The molecule has 0 radical (unpaired) electrons. The Kier molecular flexibility index (Phi) is 3.83. The minimum absolute atomic E-state index is 0.155. The normalized spacial score (nSPS) is 17.3. The van der Waals surface area contributed by atoms with Crippen LogP contribution in [-0.4, -0.2) is 37.1 Å². The van der Waals surface area contributed by atoms with E-state index in [0.717, 1.165) is 23.0 Å². The van der Waals surface area contributed by atoms with Gasteiger partial charge >= 0.3 is 5.97 Å². The molecule has 0 saturated carbocycles. The first-order valence-corrected chi connectivity index (χ1v) is 7.05. The van der Waals surface area contributed by atoms with Gasteiger partial charge in [-0.3, -0.25) is 4.84 Å². The van der Waals surface area contributed by atoms with Gasteiger partial charge in [-0.15, -0.1) is 0 Å². The SMILES string of the molecule is O=C(O)c1ccc(S(=O)(=O)N2CCCCO2)c(F)c1. The number of nitrogens with zero attached hydrogens (tertiary/aromatic N) is 1. The number of carboxylic acids is 1. The predicted molar refractivity (Wildman–Crippen MR) is 62.4 cm³/mol. The van der Waals surface area contributed by atoms with Crippen LogP contribution in [0.1, 0.15) is 23.2 Å². The summed E-state index contributed by atoms with van der Waals surface area (Å²) in [6, 6.07) is 2.66. The van der Waals surface area contributed by atoms with Gasteiger partial charge in [0, 0.05) is 6.54 Å². The molecule has 1 fully saturated rings. The second kappa shape index (κ2) is 5.24. The Hall–Kier alpha value is -1.51. The van der Waals surface area contributed by atoms with E-state index in [9.17, 15) is 17.6 Å².